The lowest BCUT2D eigenvalue weighted by Crippen LogP contribution is -2.09. The van der Waals surface area contributed by atoms with E-state index in [2.05, 4.69) is 41.5 Å². The van der Waals surface area contributed by atoms with Gasteiger partial charge in [0.15, 0.2) is 5.65 Å². The molecule has 3 N–H and O–H groups in total. The molecule has 1 amide bonds. The maximum Gasteiger partial charge on any atom is 0.265 e. The molecule has 0 atom stereocenters. The number of carbonyl (C=O) groups is 1. The lowest BCUT2D eigenvalue weighted by Gasteiger charge is -2.09. The summed E-state index contributed by atoms with van der Waals surface area (Å²) in [6, 6.07) is 20.0. The van der Waals surface area contributed by atoms with Gasteiger partial charge in [0.05, 0.1) is 20.2 Å². The van der Waals surface area contributed by atoms with Gasteiger partial charge in [0.25, 0.3) is 5.91 Å². The second-order valence-corrected chi connectivity index (χ2v) is 10.9. The van der Waals surface area contributed by atoms with Crippen molar-refractivity contribution in [3.8, 4) is 5.75 Å². The minimum atomic E-state index is -0.210. The van der Waals surface area contributed by atoms with Crippen LogP contribution in [-0.4, -0.2) is 26.0 Å². The van der Waals surface area contributed by atoms with E-state index in [0.717, 1.165) is 30.3 Å². The fraction of sp³-hybridized carbons (Fsp3) is 0.0400. The van der Waals surface area contributed by atoms with E-state index in [1.807, 2.05) is 61.5 Å². The number of carbonyl (C=O) groups excluding carboxylic acids is 1. The van der Waals surface area contributed by atoms with Crippen LogP contribution in [0.4, 0.5) is 17.2 Å². The standard InChI is InChI=1S/C25H18BrN5O2S2/c1-14-5-10-19-22(29-14)27-13-28-23(19)31-20-12-21(24(33)30-16-4-2-3-15(26)11-16)35-25(20)34-18-8-6-17(32)7-9-18/h2-13,32H,1H3,(H,30,33)(H,27,28,29,31). The molecule has 35 heavy (non-hydrogen) atoms. The van der Waals surface area contributed by atoms with Crippen molar-refractivity contribution in [2.45, 2.75) is 16.0 Å². The second-order valence-electron chi connectivity index (χ2n) is 7.54. The summed E-state index contributed by atoms with van der Waals surface area (Å²) in [6.07, 6.45) is 1.47. The third-order valence-corrected chi connectivity index (χ3v) is 7.78. The Hall–Kier alpha value is -3.47. The van der Waals surface area contributed by atoms with Crippen molar-refractivity contribution < 1.29 is 9.90 Å². The number of benzene rings is 2. The summed E-state index contributed by atoms with van der Waals surface area (Å²) in [6.45, 7) is 1.91. The molecule has 0 saturated carbocycles. The van der Waals surface area contributed by atoms with Crippen molar-refractivity contribution >= 4 is 73.2 Å². The molecule has 0 spiro atoms. The molecular weight excluding hydrogens is 546 g/mol. The van der Waals surface area contributed by atoms with Crippen molar-refractivity contribution in [3.63, 3.8) is 0 Å². The monoisotopic (exact) mass is 563 g/mol. The van der Waals surface area contributed by atoms with Gasteiger partial charge in [0.2, 0.25) is 0 Å². The molecule has 0 fully saturated rings. The predicted octanol–water partition coefficient (Wildman–Crippen LogP) is 7.01. The van der Waals surface area contributed by atoms with Gasteiger partial charge >= 0.3 is 0 Å². The Labute approximate surface area is 217 Å². The molecule has 7 nitrogen and oxygen atoms in total. The molecule has 10 heteroatoms. The number of amides is 1. The average Bonchev–Trinajstić information content (AvgIpc) is 3.23. The van der Waals surface area contributed by atoms with Crippen LogP contribution < -0.4 is 10.6 Å². The van der Waals surface area contributed by atoms with E-state index in [1.165, 1.54) is 29.4 Å². The molecule has 0 unspecified atom stereocenters. The van der Waals surface area contributed by atoms with Crippen LogP contribution in [0.5, 0.6) is 5.75 Å². The summed E-state index contributed by atoms with van der Waals surface area (Å²) in [4.78, 5) is 27.7. The Kier molecular flexibility index (Phi) is 6.67. The fourth-order valence-electron chi connectivity index (χ4n) is 3.29. The summed E-state index contributed by atoms with van der Waals surface area (Å²) in [5.74, 6) is 0.591. The summed E-state index contributed by atoms with van der Waals surface area (Å²) in [5, 5.41) is 16.7. The molecule has 3 heterocycles. The number of nitrogens with zero attached hydrogens (tertiary/aromatic N) is 3. The van der Waals surface area contributed by atoms with Gasteiger partial charge in [-0.05, 0) is 67.6 Å². The number of rotatable bonds is 6. The molecule has 0 saturated heterocycles. The highest BCUT2D eigenvalue weighted by Crippen LogP contribution is 2.42. The predicted molar refractivity (Wildman–Crippen MR) is 144 cm³/mol. The third kappa shape index (κ3) is 5.45. The van der Waals surface area contributed by atoms with Gasteiger partial charge in [-0.2, -0.15) is 0 Å². The van der Waals surface area contributed by atoms with Gasteiger partial charge in [-0.15, -0.1) is 11.3 Å². The molecule has 0 aliphatic heterocycles. The highest BCUT2D eigenvalue weighted by atomic mass is 79.9. The van der Waals surface area contributed by atoms with Gasteiger partial charge in [0.1, 0.15) is 17.9 Å². The van der Waals surface area contributed by atoms with E-state index < -0.39 is 0 Å². The zero-order chi connectivity index (χ0) is 24.4. The van der Waals surface area contributed by atoms with Crippen molar-refractivity contribution in [3.05, 3.63) is 88.1 Å². The lowest BCUT2D eigenvalue weighted by molar-refractivity contribution is 0.103. The highest BCUT2D eigenvalue weighted by Gasteiger charge is 2.18. The van der Waals surface area contributed by atoms with E-state index in [4.69, 9.17) is 0 Å². The molecule has 3 aromatic heterocycles. The first-order valence-corrected chi connectivity index (χ1v) is 12.9. The van der Waals surface area contributed by atoms with Crippen LogP contribution in [0.15, 0.2) is 86.6 Å². The Bertz CT molecular complexity index is 1540. The molecule has 174 valence electrons. The van der Waals surface area contributed by atoms with Gasteiger partial charge in [-0.25, -0.2) is 15.0 Å². The zero-order valence-electron chi connectivity index (χ0n) is 18.3. The Balaban J connectivity index is 1.50. The van der Waals surface area contributed by atoms with E-state index >= 15 is 0 Å². The van der Waals surface area contributed by atoms with Gasteiger partial charge in [0, 0.05) is 20.7 Å². The van der Waals surface area contributed by atoms with E-state index in [1.54, 1.807) is 12.1 Å². The van der Waals surface area contributed by atoms with Crippen LogP contribution in [0.25, 0.3) is 11.0 Å². The van der Waals surface area contributed by atoms with Crippen molar-refractivity contribution in [2.24, 2.45) is 0 Å². The number of nitrogens with one attached hydrogen (secondary N) is 2. The number of fused-ring (bicyclic) bond motifs is 1. The number of hydrogen-bond acceptors (Lipinski definition) is 8. The number of hydrogen-bond donors (Lipinski definition) is 3. The minimum Gasteiger partial charge on any atom is -0.508 e. The van der Waals surface area contributed by atoms with Crippen LogP contribution >= 0.6 is 39.0 Å². The summed E-state index contributed by atoms with van der Waals surface area (Å²) in [5.41, 5.74) is 2.90. The summed E-state index contributed by atoms with van der Waals surface area (Å²) < 4.78 is 1.76. The Morgan fingerprint density at radius 2 is 1.89 bits per heavy atom. The Morgan fingerprint density at radius 3 is 2.69 bits per heavy atom. The van der Waals surface area contributed by atoms with Crippen molar-refractivity contribution in [1.29, 1.82) is 0 Å². The second kappa shape index (κ2) is 10.0. The number of anilines is 3. The smallest absolute Gasteiger partial charge is 0.265 e. The van der Waals surface area contributed by atoms with E-state index in [-0.39, 0.29) is 11.7 Å². The first-order chi connectivity index (χ1) is 16.9. The number of phenols is 1. The first kappa shape index (κ1) is 23.3. The van der Waals surface area contributed by atoms with Crippen molar-refractivity contribution in [1.82, 2.24) is 15.0 Å². The number of halogens is 1. The summed E-state index contributed by atoms with van der Waals surface area (Å²) >= 11 is 6.30. The van der Waals surface area contributed by atoms with Crippen LogP contribution in [-0.2, 0) is 0 Å². The topological polar surface area (TPSA) is 100 Å². The van der Waals surface area contributed by atoms with E-state index in [0.29, 0.717) is 22.0 Å². The van der Waals surface area contributed by atoms with Gasteiger partial charge in [-0.3, -0.25) is 4.79 Å². The number of aryl methyl sites for hydroxylation is 1. The van der Waals surface area contributed by atoms with Gasteiger partial charge in [-0.1, -0.05) is 33.8 Å². The lowest BCUT2D eigenvalue weighted by atomic mass is 10.2. The van der Waals surface area contributed by atoms with Crippen molar-refractivity contribution in [2.75, 3.05) is 10.6 Å². The molecule has 0 aliphatic carbocycles. The molecule has 0 aliphatic rings. The molecule has 0 radical (unpaired) electrons. The normalized spacial score (nSPS) is 10.9. The van der Waals surface area contributed by atoms with Crippen LogP contribution in [0.2, 0.25) is 0 Å². The number of phenolic OH excluding ortho intramolecular Hbond substituents is 1. The average molecular weight is 564 g/mol. The van der Waals surface area contributed by atoms with Crippen LogP contribution in [0.1, 0.15) is 15.4 Å². The zero-order valence-corrected chi connectivity index (χ0v) is 21.5. The highest BCUT2D eigenvalue weighted by molar-refractivity contribution is 9.10. The van der Waals surface area contributed by atoms with Crippen LogP contribution in [0.3, 0.4) is 0 Å². The Morgan fingerprint density at radius 1 is 1.06 bits per heavy atom. The number of aromatic hydroxyl groups is 1. The number of pyridine rings is 1. The quantitative estimate of drug-likeness (QED) is 0.204. The molecule has 5 aromatic rings. The molecule has 2 aromatic carbocycles. The van der Waals surface area contributed by atoms with Gasteiger partial charge < -0.3 is 15.7 Å². The molecular formula is C25H18BrN5O2S2. The summed E-state index contributed by atoms with van der Waals surface area (Å²) in [7, 11) is 0. The maximum absolute atomic E-state index is 13.1. The first-order valence-electron chi connectivity index (χ1n) is 10.5. The largest absolute Gasteiger partial charge is 0.508 e. The molecule has 0 bridgehead atoms. The third-order valence-electron chi connectivity index (χ3n) is 4.94. The fourth-order valence-corrected chi connectivity index (χ4v) is 5.86. The minimum absolute atomic E-state index is 0.197. The van der Waals surface area contributed by atoms with E-state index in [9.17, 15) is 9.90 Å². The maximum atomic E-state index is 13.1. The number of aromatic nitrogens is 3. The number of thiophene rings is 1. The SMILES string of the molecule is Cc1ccc2c(Nc3cc(C(=O)Nc4cccc(Br)c4)sc3Sc3ccc(O)cc3)ncnc2n1. The molecule has 5 rings (SSSR count). The van der Waals surface area contributed by atoms with Crippen LogP contribution in [0, 0.1) is 6.92 Å².